The molecule has 6 nitrogen and oxygen atoms in total. The third-order valence-electron chi connectivity index (χ3n) is 2.42. The molecule has 0 saturated heterocycles. The highest BCUT2D eigenvalue weighted by Gasteiger charge is 2.18. The SMILES string of the molecule is COc1ccc(C(N)c2c(Br)cnn2C)nn1. The van der Waals surface area contributed by atoms with Crippen molar-refractivity contribution in [1.82, 2.24) is 20.0 Å². The van der Waals surface area contributed by atoms with E-state index >= 15 is 0 Å². The molecule has 2 heterocycles. The highest BCUT2D eigenvalue weighted by Crippen LogP contribution is 2.25. The smallest absolute Gasteiger partial charge is 0.233 e. The second kappa shape index (κ2) is 4.80. The van der Waals surface area contributed by atoms with Gasteiger partial charge < -0.3 is 10.5 Å². The molecule has 1 unspecified atom stereocenters. The van der Waals surface area contributed by atoms with Gasteiger partial charge in [0.05, 0.1) is 35.2 Å². The van der Waals surface area contributed by atoms with Gasteiger partial charge >= 0.3 is 0 Å². The first kappa shape index (κ1) is 12.0. The van der Waals surface area contributed by atoms with Crippen molar-refractivity contribution in [2.24, 2.45) is 12.8 Å². The second-order valence-electron chi connectivity index (χ2n) is 3.48. The molecule has 2 aromatic heterocycles. The third kappa shape index (κ3) is 2.29. The molecule has 1 atom stereocenters. The molecule has 0 amide bonds. The second-order valence-corrected chi connectivity index (χ2v) is 4.33. The Balaban J connectivity index is 2.33. The zero-order valence-electron chi connectivity index (χ0n) is 9.46. The van der Waals surface area contributed by atoms with Crippen molar-refractivity contribution in [3.63, 3.8) is 0 Å². The van der Waals surface area contributed by atoms with E-state index < -0.39 is 0 Å². The molecule has 7 heteroatoms. The van der Waals surface area contributed by atoms with Crippen LogP contribution in [-0.4, -0.2) is 27.1 Å². The van der Waals surface area contributed by atoms with Crippen LogP contribution in [0.25, 0.3) is 0 Å². The maximum Gasteiger partial charge on any atom is 0.233 e. The van der Waals surface area contributed by atoms with E-state index in [0.29, 0.717) is 11.6 Å². The van der Waals surface area contributed by atoms with Gasteiger partial charge in [-0.2, -0.15) is 5.10 Å². The molecule has 0 aliphatic heterocycles. The van der Waals surface area contributed by atoms with Crippen LogP contribution in [0.5, 0.6) is 5.88 Å². The number of aromatic nitrogens is 4. The van der Waals surface area contributed by atoms with Crippen molar-refractivity contribution in [2.45, 2.75) is 6.04 Å². The third-order valence-corrected chi connectivity index (χ3v) is 3.03. The Hall–Kier alpha value is -1.47. The van der Waals surface area contributed by atoms with Crippen molar-refractivity contribution < 1.29 is 4.74 Å². The Morgan fingerprint density at radius 3 is 2.65 bits per heavy atom. The van der Waals surface area contributed by atoms with Crippen LogP contribution in [0, 0.1) is 0 Å². The molecule has 0 aliphatic rings. The number of aryl methyl sites for hydroxylation is 1. The lowest BCUT2D eigenvalue weighted by Gasteiger charge is -2.11. The molecule has 2 N–H and O–H groups in total. The number of halogens is 1. The fourth-order valence-electron chi connectivity index (χ4n) is 1.52. The van der Waals surface area contributed by atoms with E-state index in [2.05, 4.69) is 31.2 Å². The van der Waals surface area contributed by atoms with Crippen molar-refractivity contribution in [2.75, 3.05) is 7.11 Å². The number of hydrogen-bond donors (Lipinski definition) is 1. The minimum absolute atomic E-state index is 0.379. The van der Waals surface area contributed by atoms with E-state index in [-0.39, 0.29) is 6.04 Å². The Morgan fingerprint density at radius 1 is 1.41 bits per heavy atom. The summed E-state index contributed by atoms with van der Waals surface area (Å²) < 4.78 is 7.51. The summed E-state index contributed by atoms with van der Waals surface area (Å²) >= 11 is 3.41. The Labute approximate surface area is 107 Å². The number of ether oxygens (including phenoxy) is 1. The minimum Gasteiger partial charge on any atom is -0.480 e. The molecule has 17 heavy (non-hydrogen) atoms. The lowest BCUT2D eigenvalue weighted by Crippen LogP contribution is -2.18. The molecule has 0 radical (unpaired) electrons. The summed E-state index contributed by atoms with van der Waals surface area (Å²) in [5.41, 5.74) is 7.63. The first-order valence-corrected chi connectivity index (χ1v) is 5.73. The van der Waals surface area contributed by atoms with Gasteiger partial charge in [-0.3, -0.25) is 4.68 Å². The Morgan fingerprint density at radius 2 is 2.18 bits per heavy atom. The minimum atomic E-state index is -0.379. The number of nitrogens with two attached hydrogens (primary N) is 1. The monoisotopic (exact) mass is 297 g/mol. The van der Waals surface area contributed by atoms with E-state index in [4.69, 9.17) is 10.5 Å². The van der Waals surface area contributed by atoms with Crippen LogP contribution < -0.4 is 10.5 Å². The molecule has 0 fully saturated rings. The van der Waals surface area contributed by atoms with Crippen LogP contribution in [-0.2, 0) is 7.05 Å². The molecule has 2 aromatic rings. The molecular weight excluding hydrogens is 286 g/mol. The van der Waals surface area contributed by atoms with Crippen LogP contribution in [0.3, 0.4) is 0 Å². The maximum atomic E-state index is 6.12. The molecule has 0 aromatic carbocycles. The quantitative estimate of drug-likeness (QED) is 0.915. The molecule has 0 bridgehead atoms. The normalized spacial score (nSPS) is 12.5. The number of methoxy groups -OCH3 is 1. The largest absolute Gasteiger partial charge is 0.480 e. The summed E-state index contributed by atoms with van der Waals surface area (Å²) in [5, 5.41) is 12.0. The first-order chi connectivity index (χ1) is 8.13. The molecule has 0 saturated carbocycles. The predicted molar refractivity (Wildman–Crippen MR) is 65.5 cm³/mol. The van der Waals surface area contributed by atoms with Gasteiger partial charge in [-0.15, -0.1) is 10.2 Å². The highest BCUT2D eigenvalue weighted by molar-refractivity contribution is 9.10. The Kier molecular flexibility index (Phi) is 3.39. The number of hydrogen-bond acceptors (Lipinski definition) is 5. The van der Waals surface area contributed by atoms with Crippen LogP contribution in [0.2, 0.25) is 0 Å². The lowest BCUT2D eigenvalue weighted by atomic mass is 10.1. The number of rotatable bonds is 3. The van der Waals surface area contributed by atoms with Crippen LogP contribution in [0.4, 0.5) is 0 Å². The summed E-state index contributed by atoms with van der Waals surface area (Å²) in [6.07, 6.45) is 1.70. The van der Waals surface area contributed by atoms with Gasteiger partial charge in [-0.05, 0) is 22.0 Å². The predicted octanol–water partition coefficient (Wildman–Crippen LogP) is 1.03. The van der Waals surface area contributed by atoms with Gasteiger partial charge in [-0.25, -0.2) is 0 Å². The van der Waals surface area contributed by atoms with Gasteiger partial charge in [0, 0.05) is 13.1 Å². The van der Waals surface area contributed by atoms with Gasteiger partial charge in [0.25, 0.3) is 0 Å². The lowest BCUT2D eigenvalue weighted by molar-refractivity contribution is 0.390. The maximum absolute atomic E-state index is 6.12. The molecule has 0 spiro atoms. The molecular formula is C10H12BrN5O. The summed E-state index contributed by atoms with van der Waals surface area (Å²) in [4.78, 5) is 0. The van der Waals surface area contributed by atoms with Gasteiger partial charge in [-0.1, -0.05) is 0 Å². The summed E-state index contributed by atoms with van der Waals surface area (Å²) in [6.45, 7) is 0. The van der Waals surface area contributed by atoms with Crippen LogP contribution >= 0.6 is 15.9 Å². The highest BCUT2D eigenvalue weighted by atomic mass is 79.9. The fourth-order valence-corrected chi connectivity index (χ4v) is 2.11. The summed E-state index contributed by atoms with van der Waals surface area (Å²) in [7, 11) is 3.37. The van der Waals surface area contributed by atoms with Gasteiger partial charge in [0.2, 0.25) is 5.88 Å². The van der Waals surface area contributed by atoms with Crippen molar-refractivity contribution in [3.8, 4) is 5.88 Å². The standard InChI is InChI=1S/C10H12BrN5O/c1-16-10(6(11)5-13-16)9(12)7-3-4-8(17-2)15-14-7/h3-5,9H,12H2,1-2H3. The van der Waals surface area contributed by atoms with Gasteiger partial charge in [0.15, 0.2) is 0 Å². The topological polar surface area (TPSA) is 78.9 Å². The van der Waals surface area contributed by atoms with Crippen LogP contribution in [0.15, 0.2) is 22.8 Å². The van der Waals surface area contributed by atoms with E-state index in [1.165, 1.54) is 0 Å². The van der Waals surface area contributed by atoms with E-state index in [1.807, 2.05) is 7.05 Å². The van der Waals surface area contributed by atoms with E-state index in [0.717, 1.165) is 10.2 Å². The van der Waals surface area contributed by atoms with Gasteiger partial charge in [0.1, 0.15) is 0 Å². The summed E-state index contributed by atoms with van der Waals surface area (Å²) in [6, 6.07) is 3.14. The van der Waals surface area contributed by atoms with E-state index in [1.54, 1.807) is 30.1 Å². The molecule has 0 aliphatic carbocycles. The number of nitrogens with zero attached hydrogens (tertiary/aromatic N) is 4. The average Bonchev–Trinajstić information content (AvgIpc) is 2.68. The van der Waals surface area contributed by atoms with Crippen LogP contribution in [0.1, 0.15) is 17.4 Å². The molecule has 2 rings (SSSR count). The average molecular weight is 298 g/mol. The van der Waals surface area contributed by atoms with E-state index in [9.17, 15) is 0 Å². The Bertz CT molecular complexity index is 490. The van der Waals surface area contributed by atoms with Crippen molar-refractivity contribution in [1.29, 1.82) is 0 Å². The van der Waals surface area contributed by atoms with Crippen molar-refractivity contribution >= 4 is 15.9 Å². The fraction of sp³-hybridized carbons (Fsp3) is 0.300. The molecule has 90 valence electrons. The first-order valence-electron chi connectivity index (χ1n) is 4.94. The zero-order chi connectivity index (χ0) is 12.4. The van der Waals surface area contributed by atoms with Crippen molar-refractivity contribution in [3.05, 3.63) is 34.2 Å². The zero-order valence-corrected chi connectivity index (χ0v) is 11.0. The summed E-state index contributed by atoms with van der Waals surface area (Å²) in [5.74, 6) is 0.463.